The van der Waals surface area contributed by atoms with Crippen molar-refractivity contribution in [2.24, 2.45) is 5.73 Å². The topological polar surface area (TPSA) is 81.1 Å². The molecule has 0 fully saturated rings. The van der Waals surface area contributed by atoms with Crippen LogP contribution in [0.2, 0.25) is 0 Å². The van der Waals surface area contributed by atoms with Crippen LogP contribution in [0.1, 0.15) is 6.04 Å². The number of carboxylic acid groups (broad SMARTS) is 1. The van der Waals surface area contributed by atoms with Crippen molar-refractivity contribution in [3.63, 3.8) is 0 Å². The molecule has 0 radical (unpaired) electrons. The van der Waals surface area contributed by atoms with E-state index >= 15 is 0 Å². The Balaban J connectivity index is 2.87. The summed E-state index contributed by atoms with van der Waals surface area (Å²) in [4.78, 5) is 10.6. The Morgan fingerprint density at radius 1 is 1.92 bits per heavy atom. The van der Waals surface area contributed by atoms with Gasteiger partial charge in [0, 0.05) is 12.7 Å². The maximum Gasteiger partial charge on any atom is 0.329 e. The van der Waals surface area contributed by atoms with Crippen LogP contribution in [0.5, 0.6) is 0 Å². The predicted molar refractivity (Wildman–Crippen MR) is 50.7 cm³/mol. The van der Waals surface area contributed by atoms with E-state index in [1.165, 1.54) is 4.68 Å². The van der Waals surface area contributed by atoms with Crippen LogP contribution in [0.25, 0.3) is 0 Å². The van der Waals surface area contributed by atoms with Gasteiger partial charge in [-0.1, -0.05) is 0 Å². The number of aromatic nitrogens is 2. The molecular formula is C6H8IN3O2. The van der Waals surface area contributed by atoms with E-state index < -0.39 is 12.0 Å². The van der Waals surface area contributed by atoms with Gasteiger partial charge < -0.3 is 10.8 Å². The van der Waals surface area contributed by atoms with E-state index in [9.17, 15) is 4.79 Å². The lowest BCUT2D eigenvalue weighted by Crippen LogP contribution is -2.27. The number of nitrogens with zero attached hydrogens (tertiary/aromatic N) is 2. The number of hydrogen-bond donors (Lipinski definition) is 2. The Morgan fingerprint density at radius 3 is 2.92 bits per heavy atom. The van der Waals surface area contributed by atoms with Crippen LogP contribution in [0, 0.1) is 3.57 Å². The first-order valence-corrected chi connectivity index (χ1v) is 4.35. The van der Waals surface area contributed by atoms with Crippen molar-refractivity contribution in [1.29, 1.82) is 0 Å². The molecule has 66 valence electrons. The number of rotatable bonds is 3. The van der Waals surface area contributed by atoms with Gasteiger partial charge in [0.05, 0.1) is 9.77 Å². The fourth-order valence-corrected chi connectivity index (χ4v) is 1.22. The van der Waals surface area contributed by atoms with Gasteiger partial charge in [-0.15, -0.1) is 0 Å². The van der Waals surface area contributed by atoms with Gasteiger partial charge in [-0.05, 0) is 22.6 Å². The molecule has 0 aliphatic carbocycles. The van der Waals surface area contributed by atoms with Gasteiger partial charge in [-0.25, -0.2) is 4.79 Å². The lowest BCUT2D eigenvalue weighted by atomic mass is 10.3. The molecule has 1 heterocycles. The molecule has 0 aliphatic heterocycles. The zero-order valence-electron chi connectivity index (χ0n) is 6.14. The fraction of sp³-hybridized carbons (Fsp3) is 0.333. The van der Waals surface area contributed by atoms with E-state index in [0.29, 0.717) is 0 Å². The number of carbonyl (C=O) groups is 1. The predicted octanol–water partition coefficient (Wildman–Crippen LogP) is 0.0721. The fourth-order valence-electron chi connectivity index (χ4n) is 0.807. The molecule has 6 heteroatoms. The molecule has 1 aromatic heterocycles. The Kier molecular flexibility index (Phi) is 3.04. The minimum Gasteiger partial charge on any atom is -0.480 e. The van der Waals surface area contributed by atoms with Crippen LogP contribution in [0.3, 0.4) is 0 Å². The lowest BCUT2D eigenvalue weighted by Gasteiger charge is -2.08. The van der Waals surface area contributed by atoms with Crippen LogP contribution < -0.4 is 5.73 Å². The zero-order chi connectivity index (χ0) is 9.14. The van der Waals surface area contributed by atoms with E-state index in [0.717, 1.165) is 3.57 Å². The second kappa shape index (κ2) is 3.85. The molecule has 0 spiro atoms. The first kappa shape index (κ1) is 9.46. The molecule has 1 aromatic rings. The molecule has 0 saturated heterocycles. The third-order valence-corrected chi connectivity index (χ3v) is 1.95. The third kappa shape index (κ3) is 1.95. The van der Waals surface area contributed by atoms with Crippen LogP contribution >= 0.6 is 22.6 Å². The molecule has 0 aromatic carbocycles. The van der Waals surface area contributed by atoms with Crippen LogP contribution in [-0.4, -0.2) is 27.4 Å². The molecular weight excluding hydrogens is 273 g/mol. The molecule has 1 unspecified atom stereocenters. The summed E-state index contributed by atoms with van der Waals surface area (Å²) in [6.45, 7) is 0.0487. The summed E-state index contributed by atoms with van der Waals surface area (Å²) in [5, 5.41) is 12.5. The van der Waals surface area contributed by atoms with Crippen LogP contribution in [0.4, 0.5) is 0 Å². The molecule has 0 saturated carbocycles. The smallest absolute Gasteiger partial charge is 0.329 e. The minimum absolute atomic E-state index is 0.0487. The maximum atomic E-state index is 10.6. The van der Waals surface area contributed by atoms with Gasteiger partial charge in [0.2, 0.25) is 0 Å². The molecule has 0 amide bonds. The van der Waals surface area contributed by atoms with E-state index in [-0.39, 0.29) is 6.54 Å². The van der Waals surface area contributed by atoms with Gasteiger partial charge in [0.1, 0.15) is 0 Å². The quantitative estimate of drug-likeness (QED) is 0.768. The number of halogens is 1. The highest BCUT2D eigenvalue weighted by atomic mass is 127. The normalized spacial score (nSPS) is 12.8. The van der Waals surface area contributed by atoms with Crippen molar-refractivity contribution >= 4 is 28.6 Å². The summed E-state index contributed by atoms with van der Waals surface area (Å²) >= 11 is 2.06. The maximum absolute atomic E-state index is 10.6. The van der Waals surface area contributed by atoms with Gasteiger partial charge in [-0.3, -0.25) is 4.68 Å². The molecule has 1 rings (SSSR count). The summed E-state index contributed by atoms with van der Waals surface area (Å²) in [7, 11) is 0. The minimum atomic E-state index is -0.961. The van der Waals surface area contributed by atoms with Crippen molar-refractivity contribution in [3.05, 3.63) is 16.0 Å². The Hall–Kier alpha value is -0.630. The van der Waals surface area contributed by atoms with Gasteiger partial charge in [0.15, 0.2) is 6.04 Å². The van der Waals surface area contributed by atoms with E-state index in [1.807, 2.05) is 0 Å². The SMILES string of the molecule is NCC(C(=O)O)n1cc(I)cn1. The highest BCUT2D eigenvalue weighted by Gasteiger charge is 2.17. The van der Waals surface area contributed by atoms with Crippen molar-refractivity contribution < 1.29 is 9.90 Å². The summed E-state index contributed by atoms with van der Waals surface area (Å²) < 4.78 is 2.25. The van der Waals surface area contributed by atoms with Crippen molar-refractivity contribution in [1.82, 2.24) is 9.78 Å². The Labute approximate surface area is 82.7 Å². The van der Waals surface area contributed by atoms with E-state index in [1.54, 1.807) is 12.4 Å². The second-order valence-electron chi connectivity index (χ2n) is 2.23. The standard InChI is InChI=1S/C6H8IN3O2/c7-4-2-9-10(3-4)5(1-8)6(11)12/h2-3,5H,1,8H2,(H,11,12). The first-order chi connectivity index (χ1) is 5.65. The Bertz CT molecular complexity index is 286. The average molecular weight is 281 g/mol. The molecule has 5 nitrogen and oxygen atoms in total. The molecule has 1 atom stereocenters. The Morgan fingerprint density at radius 2 is 2.58 bits per heavy atom. The molecule has 3 N–H and O–H groups in total. The van der Waals surface area contributed by atoms with Crippen molar-refractivity contribution in [2.45, 2.75) is 6.04 Å². The monoisotopic (exact) mass is 281 g/mol. The average Bonchev–Trinajstić information content (AvgIpc) is 2.37. The largest absolute Gasteiger partial charge is 0.480 e. The highest BCUT2D eigenvalue weighted by Crippen LogP contribution is 2.07. The highest BCUT2D eigenvalue weighted by molar-refractivity contribution is 14.1. The number of aliphatic carboxylic acids is 1. The van der Waals surface area contributed by atoms with Crippen molar-refractivity contribution in [3.8, 4) is 0 Å². The van der Waals surface area contributed by atoms with Crippen LogP contribution in [-0.2, 0) is 4.79 Å². The second-order valence-corrected chi connectivity index (χ2v) is 3.47. The third-order valence-electron chi connectivity index (χ3n) is 1.40. The first-order valence-electron chi connectivity index (χ1n) is 3.27. The molecule has 0 aliphatic rings. The number of hydrogen-bond acceptors (Lipinski definition) is 3. The summed E-state index contributed by atoms with van der Waals surface area (Å²) in [6, 6.07) is -0.756. The van der Waals surface area contributed by atoms with E-state index in [2.05, 4.69) is 27.7 Å². The van der Waals surface area contributed by atoms with Gasteiger partial charge >= 0.3 is 5.97 Å². The lowest BCUT2D eigenvalue weighted by molar-refractivity contribution is -0.140. The van der Waals surface area contributed by atoms with Crippen LogP contribution in [0.15, 0.2) is 12.4 Å². The van der Waals surface area contributed by atoms with E-state index in [4.69, 9.17) is 10.8 Å². The molecule has 0 bridgehead atoms. The summed E-state index contributed by atoms with van der Waals surface area (Å²) in [5.74, 6) is -0.961. The van der Waals surface area contributed by atoms with Crippen molar-refractivity contribution in [2.75, 3.05) is 6.54 Å². The summed E-state index contributed by atoms with van der Waals surface area (Å²) in [5.41, 5.74) is 5.27. The number of nitrogens with two attached hydrogens (primary N) is 1. The molecule has 12 heavy (non-hydrogen) atoms. The van der Waals surface area contributed by atoms with Gasteiger partial charge in [-0.2, -0.15) is 5.10 Å². The van der Waals surface area contributed by atoms with Gasteiger partial charge in [0.25, 0.3) is 0 Å². The zero-order valence-corrected chi connectivity index (χ0v) is 8.30. The summed E-state index contributed by atoms with van der Waals surface area (Å²) in [6.07, 6.45) is 3.23. The number of carboxylic acids is 1.